The first-order chi connectivity index (χ1) is 9.17. The molecule has 0 amide bonds. The minimum Gasteiger partial charge on any atom is -0.379 e. The Bertz CT molecular complexity index is 221. The van der Waals surface area contributed by atoms with E-state index >= 15 is 0 Å². The van der Waals surface area contributed by atoms with Gasteiger partial charge in [-0.3, -0.25) is 0 Å². The third kappa shape index (κ3) is 6.73. The maximum absolute atomic E-state index is 6.06. The average molecular weight is 271 g/mol. The van der Waals surface area contributed by atoms with Crippen molar-refractivity contribution in [3.05, 3.63) is 0 Å². The van der Waals surface area contributed by atoms with E-state index in [1.807, 2.05) is 0 Å². The smallest absolute Gasteiger partial charge is 0.0731 e. The summed E-state index contributed by atoms with van der Waals surface area (Å²) in [4.78, 5) is 0. The van der Waals surface area contributed by atoms with Crippen LogP contribution in [0, 0.1) is 11.8 Å². The number of hydrogen-bond donors (Lipinski definition) is 1. The van der Waals surface area contributed by atoms with Gasteiger partial charge in [-0.05, 0) is 38.1 Å². The van der Waals surface area contributed by atoms with Crippen molar-refractivity contribution in [2.24, 2.45) is 11.8 Å². The van der Waals surface area contributed by atoms with Crippen LogP contribution in [-0.2, 0) is 9.47 Å². The van der Waals surface area contributed by atoms with E-state index in [1.165, 1.54) is 32.1 Å². The molecule has 0 aromatic carbocycles. The minimum atomic E-state index is 0.373. The van der Waals surface area contributed by atoms with Gasteiger partial charge in [-0.2, -0.15) is 0 Å². The highest BCUT2D eigenvalue weighted by Gasteiger charge is 2.29. The zero-order valence-corrected chi connectivity index (χ0v) is 13.3. The molecule has 114 valence electrons. The van der Waals surface area contributed by atoms with Crippen LogP contribution in [0.3, 0.4) is 0 Å². The first-order valence-corrected chi connectivity index (χ1v) is 8.04. The molecule has 0 heterocycles. The molecule has 0 saturated heterocycles. The fourth-order valence-electron chi connectivity index (χ4n) is 2.97. The second-order valence-corrected chi connectivity index (χ2v) is 6.24. The Hall–Kier alpha value is -0.120. The number of likely N-dealkylation sites (N-methyl/N-ethyl adjacent to an activating group) is 1. The van der Waals surface area contributed by atoms with Crippen LogP contribution in [0.15, 0.2) is 0 Å². The molecule has 3 nitrogen and oxygen atoms in total. The fraction of sp³-hybridized carbons (Fsp3) is 1.00. The molecular weight excluding hydrogens is 238 g/mol. The maximum Gasteiger partial charge on any atom is 0.0731 e. The van der Waals surface area contributed by atoms with E-state index in [0.29, 0.717) is 18.1 Å². The summed E-state index contributed by atoms with van der Waals surface area (Å²) in [5, 5.41) is 3.41. The van der Waals surface area contributed by atoms with Gasteiger partial charge in [0.1, 0.15) is 0 Å². The molecule has 1 aliphatic rings. The summed E-state index contributed by atoms with van der Waals surface area (Å²) in [5.74, 6) is 1.46. The first-order valence-electron chi connectivity index (χ1n) is 8.04. The van der Waals surface area contributed by atoms with Crippen LogP contribution in [0.5, 0.6) is 0 Å². The van der Waals surface area contributed by atoms with Crippen LogP contribution in [0.25, 0.3) is 0 Å². The summed E-state index contributed by atoms with van der Waals surface area (Å²) in [7, 11) is 2.05. The molecule has 19 heavy (non-hydrogen) atoms. The Morgan fingerprint density at radius 1 is 1.21 bits per heavy atom. The lowest BCUT2D eigenvalue weighted by molar-refractivity contribution is -0.0382. The molecule has 0 bridgehead atoms. The van der Waals surface area contributed by atoms with Gasteiger partial charge in [-0.15, -0.1) is 0 Å². The first kappa shape index (κ1) is 16.9. The Labute approximate surface area is 119 Å². The Kier molecular flexibility index (Phi) is 8.67. The van der Waals surface area contributed by atoms with E-state index in [0.717, 1.165) is 25.7 Å². The van der Waals surface area contributed by atoms with Crippen molar-refractivity contribution in [1.82, 2.24) is 5.32 Å². The molecule has 1 aliphatic carbocycles. The third-order valence-corrected chi connectivity index (χ3v) is 3.98. The van der Waals surface area contributed by atoms with Gasteiger partial charge < -0.3 is 14.8 Å². The maximum atomic E-state index is 6.06. The second kappa shape index (κ2) is 9.73. The van der Waals surface area contributed by atoms with Crippen LogP contribution in [-0.4, -0.2) is 39.0 Å². The number of nitrogens with one attached hydrogen (secondary N) is 1. The van der Waals surface area contributed by atoms with Crippen LogP contribution >= 0.6 is 0 Å². The highest BCUT2D eigenvalue weighted by molar-refractivity contribution is 4.84. The SMILES string of the molecule is CCCC1CCC(NC)C(OCCOCC(C)C)C1. The van der Waals surface area contributed by atoms with Gasteiger partial charge in [0.25, 0.3) is 0 Å². The van der Waals surface area contributed by atoms with E-state index in [1.54, 1.807) is 0 Å². The quantitative estimate of drug-likeness (QED) is 0.653. The van der Waals surface area contributed by atoms with Crippen LogP contribution < -0.4 is 5.32 Å². The van der Waals surface area contributed by atoms with Gasteiger partial charge in [-0.25, -0.2) is 0 Å². The Morgan fingerprint density at radius 2 is 2.00 bits per heavy atom. The van der Waals surface area contributed by atoms with E-state index in [9.17, 15) is 0 Å². The molecular formula is C16H33NO2. The van der Waals surface area contributed by atoms with Gasteiger partial charge >= 0.3 is 0 Å². The highest BCUT2D eigenvalue weighted by atomic mass is 16.5. The molecule has 1 N–H and O–H groups in total. The summed E-state index contributed by atoms with van der Waals surface area (Å²) >= 11 is 0. The van der Waals surface area contributed by atoms with E-state index in [-0.39, 0.29) is 0 Å². The predicted molar refractivity (Wildman–Crippen MR) is 80.5 cm³/mol. The number of hydrogen-bond acceptors (Lipinski definition) is 3. The van der Waals surface area contributed by atoms with Crippen molar-refractivity contribution in [3.8, 4) is 0 Å². The lowest BCUT2D eigenvalue weighted by atomic mass is 9.81. The molecule has 0 spiro atoms. The predicted octanol–water partition coefficient (Wildman–Crippen LogP) is 3.23. The Balaban J connectivity index is 2.23. The molecule has 3 atom stereocenters. The van der Waals surface area contributed by atoms with Crippen LogP contribution in [0.1, 0.15) is 52.9 Å². The van der Waals surface area contributed by atoms with E-state index < -0.39 is 0 Å². The molecule has 3 unspecified atom stereocenters. The van der Waals surface area contributed by atoms with Gasteiger partial charge in [0, 0.05) is 12.6 Å². The van der Waals surface area contributed by atoms with Crippen molar-refractivity contribution in [1.29, 1.82) is 0 Å². The van der Waals surface area contributed by atoms with Crippen molar-refractivity contribution >= 4 is 0 Å². The number of rotatable bonds is 9. The molecule has 0 radical (unpaired) electrons. The zero-order chi connectivity index (χ0) is 14.1. The topological polar surface area (TPSA) is 30.5 Å². The Morgan fingerprint density at radius 3 is 2.63 bits per heavy atom. The third-order valence-electron chi connectivity index (χ3n) is 3.98. The number of ether oxygens (including phenoxy) is 2. The summed E-state index contributed by atoms with van der Waals surface area (Å²) in [5.41, 5.74) is 0. The molecule has 1 saturated carbocycles. The molecule has 0 aliphatic heterocycles. The molecule has 0 aromatic rings. The monoisotopic (exact) mass is 271 g/mol. The largest absolute Gasteiger partial charge is 0.379 e. The lowest BCUT2D eigenvalue weighted by Crippen LogP contribution is -2.44. The molecule has 0 aromatic heterocycles. The summed E-state index contributed by atoms with van der Waals surface area (Å²) in [6, 6.07) is 0.526. The minimum absolute atomic E-state index is 0.373. The molecule has 3 heteroatoms. The lowest BCUT2D eigenvalue weighted by Gasteiger charge is -2.36. The second-order valence-electron chi connectivity index (χ2n) is 6.24. The van der Waals surface area contributed by atoms with Crippen LogP contribution in [0.2, 0.25) is 0 Å². The van der Waals surface area contributed by atoms with Crippen molar-refractivity contribution < 1.29 is 9.47 Å². The van der Waals surface area contributed by atoms with Gasteiger partial charge in [0.2, 0.25) is 0 Å². The zero-order valence-electron chi connectivity index (χ0n) is 13.3. The summed E-state index contributed by atoms with van der Waals surface area (Å²) < 4.78 is 11.6. The van der Waals surface area contributed by atoms with Crippen LogP contribution in [0.4, 0.5) is 0 Å². The summed E-state index contributed by atoms with van der Waals surface area (Å²) in [6.07, 6.45) is 6.82. The average Bonchev–Trinajstić information content (AvgIpc) is 2.38. The molecule has 1 rings (SSSR count). The van der Waals surface area contributed by atoms with Crippen molar-refractivity contribution in [2.75, 3.05) is 26.9 Å². The van der Waals surface area contributed by atoms with Gasteiger partial charge in [-0.1, -0.05) is 33.6 Å². The highest BCUT2D eigenvalue weighted by Crippen LogP contribution is 2.29. The summed E-state index contributed by atoms with van der Waals surface area (Å²) in [6.45, 7) is 8.92. The van der Waals surface area contributed by atoms with Crippen molar-refractivity contribution in [2.45, 2.75) is 65.0 Å². The van der Waals surface area contributed by atoms with Crippen molar-refractivity contribution in [3.63, 3.8) is 0 Å². The fourth-order valence-corrected chi connectivity index (χ4v) is 2.97. The van der Waals surface area contributed by atoms with E-state index in [2.05, 4.69) is 33.1 Å². The van der Waals surface area contributed by atoms with E-state index in [4.69, 9.17) is 9.47 Å². The molecule has 1 fully saturated rings. The normalized spacial score (nSPS) is 27.9. The standard InChI is InChI=1S/C16H33NO2/c1-5-6-14-7-8-15(17-4)16(11-14)19-10-9-18-12-13(2)3/h13-17H,5-12H2,1-4H3. The van der Waals surface area contributed by atoms with Gasteiger partial charge in [0.05, 0.1) is 19.3 Å². The van der Waals surface area contributed by atoms with Gasteiger partial charge in [0.15, 0.2) is 0 Å².